The van der Waals surface area contributed by atoms with Gasteiger partial charge in [-0.05, 0) is 32.0 Å². The lowest BCUT2D eigenvalue weighted by molar-refractivity contribution is -0.134. The lowest BCUT2D eigenvalue weighted by atomic mass is 10.2. The zero-order valence-corrected chi connectivity index (χ0v) is 15.5. The maximum Gasteiger partial charge on any atom is 0.261 e. The number of carbonyl (C=O) groups is 1. The number of likely N-dealkylation sites (N-methyl/N-ethyl adjacent to an activating group) is 1. The number of aromatic nitrogens is 3. The molecule has 2 aliphatic heterocycles. The van der Waals surface area contributed by atoms with E-state index in [4.69, 9.17) is 4.74 Å². The molecule has 0 unspecified atom stereocenters. The average Bonchev–Trinajstić information content (AvgIpc) is 3.26. The Bertz CT molecular complexity index is 824. The summed E-state index contributed by atoms with van der Waals surface area (Å²) < 4.78 is 21.3. The SMILES string of the molecule is CN1CCc2nnc([C@@H]3CCCN3C(=O)COc3ccccc3F)n2CC1. The van der Waals surface area contributed by atoms with E-state index < -0.39 is 5.82 Å². The highest BCUT2D eigenvalue weighted by molar-refractivity contribution is 5.78. The second kappa shape index (κ2) is 7.64. The van der Waals surface area contributed by atoms with Crippen molar-refractivity contribution in [2.75, 3.05) is 33.3 Å². The fraction of sp³-hybridized carbons (Fsp3) is 0.526. The van der Waals surface area contributed by atoms with Gasteiger partial charge in [0, 0.05) is 32.6 Å². The molecule has 1 saturated heterocycles. The number of fused-ring (bicyclic) bond motifs is 1. The molecule has 4 rings (SSSR count). The van der Waals surface area contributed by atoms with E-state index in [2.05, 4.69) is 26.7 Å². The number of nitrogens with zero attached hydrogens (tertiary/aromatic N) is 5. The first-order chi connectivity index (χ1) is 13.1. The van der Waals surface area contributed by atoms with Crippen LogP contribution in [0.15, 0.2) is 24.3 Å². The Morgan fingerprint density at radius 3 is 2.93 bits per heavy atom. The van der Waals surface area contributed by atoms with Gasteiger partial charge >= 0.3 is 0 Å². The lowest BCUT2D eigenvalue weighted by Gasteiger charge is -2.25. The Morgan fingerprint density at radius 2 is 2.07 bits per heavy atom. The van der Waals surface area contributed by atoms with E-state index in [9.17, 15) is 9.18 Å². The normalized spacial score (nSPS) is 20.4. The summed E-state index contributed by atoms with van der Waals surface area (Å²) in [5.41, 5.74) is 0. The van der Waals surface area contributed by atoms with Gasteiger partial charge in [0.15, 0.2) is 24.0 Å². The molecule has 7 nitrogen and oxygen atoms in total. The molecule has 1 atom stereocenters. The Balaban J connectivity index is 1.47. The largest absolute Gasteiger partial charge is 0.481 e. The lowest BCUT2D eigenvalue weighted by Crippen LogP contribution is -2.36. The fourth-order valence-electron chi connectivity index (χ4n) is 3.82. The Labute approximate surface area is 157 Å². The molecular weight excluding hydrogens is 349 g/mol. The van der Waals surface area contributed by atoms with Crippen molar-refractivity contribution in [3.05, 3.63) is 41.7 Å². The molecular formula is C19H24FN5O2. The Morgan fingerprint density at radius 1 is 1.22 bits per heavy atom. The fourth-order valence-corrected chi connectivity index (χ4v) is 3.82. The van der Waals surface area contributed by atoms with Crippen molar-refractivity contribution in [3.63, 3.8) is 0 Å². The molecule has 144 valence electrons. The highest BCUT2D eigenvalue weighted by Gasteiger charge is 2.34. The molecule has 0 spiro atoms. The molecule has 0 saturated carbocycles. The van der Waals surface area contributed by atoms with Crippen LogP contribution in [0.2, 0.25) is 0 Å². The minimum absolute atomic E-state index is 0.0913. The summed E-state index contributed by atoms with van der Waals surface area (Å²) in [6.45, 7) is 3.21. The molecule has 1 fully saturated rings. The van der Waals surface area contributed by atoms with E-state index in [-0.39, 0.29) is 24.3 Å². The van der Waals surface area contributed by atoms with Gasteiger partial charge in [-0.3, -0.25) is 4.79 Å². The highest BCUT2D eigenvalue weighted by Crippen LogP contribution is 2.32. The van der Waals surface area contributed by atoms with Crippen LogP contribution < -0.4 is 4.74 Å². The monoisotopic (exact) mass is 373 g/mol. The van der Waals surface area contributed by atoms with Crippen molar-refractivity contribution in [1.82, 2.24) is 24.6 Å². The number of halogens is 1. The van der Waals surface area contributed by atoms with E-state index in [0.29, 0.717) is 6.54 Å². The van der Waals surface area contributed by atoms with Gasteiger partial charge in [-0.25, -0.2) is 4.39 Å². The van der Waals surface area contributed by atoms with Crippen LogP contribution in [0, 0.1) is 5.82 Å². The molecule has 1 aromatic carbocycles. The van der Waals surface area contributed by atoms with Gasteiger partial charge in [0.05, 0.1) is 6.04 Å². The molecule has 2 aliphatic rings. The van der Waals surface area contributed by atoms with Crippen molar-refractivity contribution in [3.8, 4) is 5.75 Å². The van der Waals surface area contributed by atoms with Gasteiger partial charge in [0.2, 0.25) is 0 Å². The third-order valence-electron chi connectivity index (χ3n) is 5.34. The van der Waals surface area contributed by atoms with Gasteiger partial charge in [-0.15, -0.1) is 10.2 Å². The minimum atomic E-state index is -0.463. The van der Waals surface area contributed by atoms with Crippen LogP contribution in [0.3, 0.4) is 0 Å². The van der Waals surface area contributed by atoms with E-state index in [1.807, 2.05) is 0 Å². The molecule has 3 heterocycles. The van der Waals surface area contributed by atoms with Crippen LogP contribution in [-0.4, -0.2) is 63.8 Å². The Kier molecular flexibility index (Phi) is 5.07. The number of hydrogen-bond acceptors (Lipinski definition) is 5. The van der Waals surface area contributed by atoms with Crippen LogP contribution >= 0.6 is 0 Å². The van der Waals surface area contributed by atoms with E-state index in [1.165, 1.54) is 12.1 Å². The predicted molar refractivity (Wildman–Crippen MR) is 96.8 cm³/mol. The second-order valence-corrected chi connectivity index (χ2v) is 7.14. The van der Waals surface area contributed by atoms with Gasteiger partial charge in [-0.2, -0.15) is 0 Å². The second-order valence-electron chi connectivity index (χ2n) is 7.14. The molecule has 8 heteroatoms. The summed E-state index contributed by atoms with van der Waals surface area (Å²) in [6.07, 6.45) is 2.64. The van der Waals surface area contributed by atoms with Gasteiger partial charge < -0.3 is 19.1 Å². The zero-order valence-electron chi connectivity index (χ0n) is 15.5. The molecule has 0 aliphatic carbocycles. The molecule has 1 aromatic heterocycles. The number of benzene rings is 1. The van der Waals surface area contributed by atoms with Crippen LogP contribution in [0.4, 0.5) is 4.39 Å². The van der Waals surface area contributed by atoms with Crippen molar-refractivity contribution >= 4 is 5.91 Å². The van der Waals surface area contributed by atoms with Gasteiger partial charge in [0.25, 0.3) is 5.91 Å². The molecule has 1 amide bonds. The first-order valence-electron chi connectivity index (χ1n) is 9.41. The molecule has 2 aromatic rings. The number of carbonyl (C=O) groups excluding carboxylic acids is 1. The molecule has 0 radical (unpaired) electrons. The predicted octanol–water partition coefficient (Wildman–Crippen LogP) is 1.65. The highest BCUT2D eigenvalue weighted by atomic mass is 19.1. The van der Waals surface area contributed by atoms with Gasteiger partial charge in [0.1, 0.15) is 5.82 Å². The smallest absolute Gasteiger partial charge is 0.261 e. The van der Waals surface area contributed by atoms with Crippen molar-refractivity contribution in [1.29, 1.82) is 0 Å². The average molecular weight is 373 g/mol. The first kappa shape index (κ1) is 17.9. The molecule has 0 bridgehead atoms. The summed E-state index contributed by atoms with van der Waals surface area (Å²) in [6, 6.07) is 6.03. The number of hydrogen-bond donors (Lipinski definition) is 0. The van der Waals surface area contributed by atoms with Gasteiger partial charge in [-0.1, -0.05) is 12.1 Å². The van der Waals surface area contributed by atoms with Crippen LogP contribution in [-0.2, 0) is 17.8 Å². The summed E-state index contributed by atoms with van der Waals surface area (Å²) in [5.74, 6) is 1.33. The standard InChI is InChI=1S/C19H24FN5O2/c1-23-10-8-17-21-22-19(25(17)12-11-23)15-6-4-9-24(15)18(26)13-27-16-7-3-2-5-14(16)20/h2-3,5,7,15H,4,6,8-13H2,1H3/t15-/m0/s1. The third-order valence-corrected chi connectivity index (χ3v) is 5.34. The van der Waals surface area contributed by atoms with Crippen LogP contribution in [0.1, 0.15) is 30.5 Å². The number of para-hydroxylation sites is 1. The number of rotatable bonds is 4. The van der Waals surface area contributed by atoms with E-state index in [1.54, 1.807) is 17.0 Å². The maximum atomic E-state index is 13.7. The van der Waals surface area contributed by atoms with E-state index >= 15 is 0 Å². The zero-order chi connectivity index (χ0) is 18.8. The topological polar surface area (TPSA) is 63.5 Å². The van der Waals surface area contributed by atoms with E-state index in [0.717, 1.165) is 50.5 Å². The van der Waals surface area contributed by atoms with Crippen molar-refractivity contribution in [2.45, 2.75) is 31.8 Å². The summed E-state index contributed by atoms with van der Waals surface area (Å²) in [7, 11) is 2.10. The number of ether oxygens (including phenoxy) is 1. The number of likely N-dealkylation sites (tertiary alicyclic amines) is 1. The minimum Gasteiger partial charge on any atom is -0.481 e. The molecule has 27 heavy (non-hydrogen) atoms. The quantitative estimate of drug-likeness (QED) is 0.815. The Hall–Kier alpha value is -2.48. The number of amides is 1. The van der Waals surface area contributed by atoms with Crippen molar-refractivity contribution in [2.24, 2.45) is 0 Å². The summed E-state index contributed by atoms with van der Waals surface area (Å²) in [4.78, 5) is 16.8. The molecule has 0 N–H and O–H groups in total. The van der Waals surface area contributed by atoms with Crippen LogP contribution in [0.5, 0.6) is 5.75 Å². The van der Waals surface area contributed by atoms with Crippen LogP contribution in [0.25, 0.3) is 0 Å². The first-order valence-corrected chi connectivity index (χ1v) is 9.41. The summed E-state index contributed by atoms with van der Waals surface area (Å²) >= 11 is 0. The van der Waals surface area contributed by atoms with Crippen molar-refractivity contribution < 1.29 is 13.9 Å². The third kappa shape index (κ3) is 3.66. The maximum absolute atomic E-state index is 13.7. The summed E-state index contributed by atoms with van der Waals surface area (Å²) in [5, 5.41) is 8.77.